The lowest BCUT2D eigenvalue weighted by Gasteiger charge is -2.42. The molecule has 1 amide bonds. The van der Waals surface area contributed by atoms with E-state index < -0.39 is 23.6 Å². The molecular weight excluding hydrogens is 547 g/mol. The monoisotopic (exact) mass is 587 g/mol. The van der Waals surface area contributed by atoms with E-state index in [1.165, 1.54) is 0 Å². The van der Waals surface area contributed by atoms with Gasteiger partial charge in [-0.1, -0.05) is 18.2 Å². The number of carbonyl (C=O) groups excluding carboxylic acids is 1. The largest absolute Gasteiger partial charge is 0.444 e. The van der Waals surface area contributed by atoms with Gasteiger partial charge in [-0.05, 0) is 102 Å². The fourth-order valence-electron chi connectivity index (χ4n) is 6.14. The fraction of sp³-hybridized carbons (Fsp3) is 0.548. The van der Waals surface area contributed by atoms with Crippen LogP contribution in [0.3, 0.4) is 0 Å². The molecule has 42 heavy (non-hydrogen) atoms. The number of aliphatic imine (C=N–C) groups is 1. The summed E-state index contributed by atoms with van der Waals surface area (Å²) in [6, 6.07) is 13.6. The maximum absolute atomic E-state index is 13.6. The molecule has 3 aliphatic rings. The average molecular weight is 588 g/mol. The third-order valence-electron chi connectivity index (χ3n) is 7.82. The molecule has 5 rings (SSSR count). The van der Waals surface area contributed by atoms with Crippen molar-refractivity contribution in [2.24, 2.45) is 16.8 Å². The Morgan fingerprint density at radius 1 is 1.02 bits per heavy atom. The highest BCUT2D eigenvalue weighted by molar-refractivity contribution is 5.82. The second-order valence-electron chi connectivity index (χ2n) is 12.7. The summed E-state index contributed by atoms with van der Waals surface area (Å²) in [5.74, 6) is 0.506. The van der Waals surface area contributed by atoms with Gasteiger partial charge in [0.25, 0.3) is 0 Å². The topological polar surface area (TPSA) is 69.6 Å². The molecule has 8 nitrogen and oxygen atoms in total. The zero-order chi connectivity index (χ0) is 30.4. The zero-order valence-corrected chi connectivity index (χ0v) is 25.0. The minimum Gasteiger partial charge on any atom is -0.444 e. The number of rotatable bonds is 5. The Morgan fingerprint density at radius 2 is 1.67 bits per heavy atom. The van der Waals surface area contributed by atoms with Crippen molar-refractivity contribution in [3.63, 3.8) is 0 Å². The summed E-state index contributed by atoms with van der Waals surface area (Å²) >= 11 is 0. The molecule has 2 heterocycles. The van der Waals surface area contributed by atoms with Gasteiger partial charge in [0.05, 0.1) is 11.3 Å². The number of anilines is 1. The first-order valence-electron chi connectivity index (χ1n) is 14.5. The first-order chi connectivity index (χ1) is 19.7. The van der Waals surface area contributed by atoms with Gasteiger partial charge in [0.15, 0.2) is 6.29 Å². The molecule has 2 fully saturated rings. The molecule has 0 aromatic heterocycles. The molecule has 2 aromatic rings. The molecule has 2 unspecified atom stereocenters. The summed E-state index contributed by atoms with van der Waals surface area (Å²) < 4.78 is 52.5. The van der Waals surface area contributed by atoms with Gasteiger partial charge >= 0.3 is 18.3 Å². The van der Waals surface area contributed by atoms with Crippen LogP contribution in [-0.4, -0.2) is 59.1 Å². The van der Waals surface area contributed by atoms with E-state index in [-0.39, 0.29) is 41.8 Å². The number of ether oxygens (including phenoxy) is 2. The van der Waals surface area contributed by atoms with Crippen molar-refractivity contribution in [2.45, 2.75) is 84.5 Å². The Kier molecular flexibility index (Phi) is 8.08. The minimum absolute atomic E-state index is 0.0751. The van der Waals surface area contributed by atoms with Gasteiger partial charge in [0.1, 0.15) is 11.4 Å². The SMILES string of the molecule is Cc1cc(OC2=NC(NC3[C@@H]4CC[C@H]3CN(C(=O)OC(C)(C)C)C4)N(c3ccccc3)N2C(C)C)cc(C(F)(F)F)c1. The number of para-hydroxylation sites is 1. The summed E-state index contributed by atoms with van der Waals surface area (Å²) in [7, 11) is 0. The van der Waals surface area contributed by atoms with Gasteiger partial charge < -0.3 is 14.4 Å². The van der Waals surface area contributed by atoms with E-state index in [2.05, 4.69) is 5.32 Å². The number of hydrogen-bond donors (Lipinski definition) is 1. The van der Waals surface area contributed by atoms with Crippen LogP contribution in [0.15, 0.2) is 53.5 Å². The van der Waals surface area contributed by atoms with Crippen molar-refractivity contribution >= 4 is 17.8 Å². The van der Waals surface area contributed by atoms with E-state index in [0.717, 1.165) is 30.7 Å². The maximum atomic E-state index is 13.6. The highest BCUT2D eigenvalue weighted by atomic mass is 19.4. The Balaban J connectivity index is 1.43. The van der Waals surface area contributed by atoms with E-state index >= 15 is 0 Å². The molecule has 228 valence electrons. The quantitative estimate of drug-likeness (QED) is 0.436. The van der Waals surface area contributed by atoms with Gasteiger partial charge in [0.2, 0.25) is 0 Å². The minimum atomic E-state index is -4.49. The Bertz CT molecular complexity index is 1300. The normalized spacial score (nSPS) is 24.3. The second kappa shape index (κ2) is 11.3. The van der Waals surface area contributed by atoms with Crippen molar-refractivity contribution in [3.05, 3.63) is 59.7 Å². The smallest absolute Gasteiger partial charge is 0.416 e. The molecule has 2 aliphatic heterocycles. The van der Waals surface area contributed by atoms with Crippen molar-refractivity contribution in [3.8, 4) is 5.75 Å². The van der Waals surface area contributed by atoms with Crippen LogP contribution in [0, 0.1) is 18.8 Å². The second-order valence-corrected chi connectivity index (χ2v) is 12.7. The summed E-state index contributed by atoms with van der Waals surface area (Å²) in [5, 5.41) is 7.62. The molecule has 1 saturated carbocycles. The number of hydrazine groups is 1. The van der Waals surface area contributed by atoms with Crippen LogP contribution in [0.1, 0.15) is 58.6 Å². The number of hydrogen-bond acceptors (Lipinski definition) is 7. The molecular formula is C31H40F3N5O3. The van der Waals surface area contributed by atoms with E-state index in [9.17, 15) is 18.0 Å². The molecule has 11 heteroatoms. The van der Waals surface area contributed by atoms with Gasteiger partial charge in [-0.2, -0.15) is 18.2 Å². The van der Waals surface area contributed by atoms with Gasteiger partial charge in [-0.3, -0.25) is 5.32 Å². The number of fused-ring (bicyclic) bond motifs is 2. The molecule has 0 spiro atoms. The fourth-order valence-corrected chi connectivity index (χ4v) is 6.14. The van der Waals surface area contributed by atoms with Gasteiger partial charge in [0, 0.05) is 25.2 Å². The highest BCUT2D eigenvalue weighted by Gasteiger charge is 2.47. The lowest BCUT2D eigenvalue weighted by atomic mass is 9.92. The predicted molar refractivity (Wildman–Crippen MR) is 155 cm³/mol. The maximum Gasteiger partial charge on any atom is 0.416 e. The van der Waals surface area contributed by atoms with Crippen LogP contribution in [-0.2, 0) is 10.9 Å². The number of likely N-dealkylation sites (tertiary alicyclic amines) is 1. The van der Waals surface area contributed by atoms with Crippen molar-refractivity contribution in [2.75, 3.05) is 18.1 Å². The number of benzene rings is 2. The summed E-state index contributed by atoms with van der Waals surface area (Å²) in [6.45, 7) is 12.4. The molecule has 1 aliphatic carbocycles. The standard InChI is InChI=1S/C31H40F3N5O3/c1-19(2)38-28(41-25-15-20(3)14-23(16-25)31(32,33)34)36-27(39(38)24-10-8-7-9-11-24)35-26-21-12-13-22(26)18-37(17-21)29(40)42-30(4,5)6/h7-11,14-16,19,21-22,26-27,35H,12-13,17-18H2,1-6H3/t21-,22+,26?,27?. The van der Waals surface area contributed by atoms with Crippen LogP contribution in [0.5, 0.6) is 5.75 Å². The first kappa shape index (κ1) is 30.0. The van der Waals surface area contributed by atoms with E-state index in [4.69, 9.17) is 14.5 Å². The van der Waals surface area contributed by atoms with Gasteiger partial charge in [-0.15, -0.1) is 0 Å². The lowest BCUT2D eigenvalue weighted by molar-refractivity contribution is -0.137. The number of piperidine rings is 1. The Morgan fingerprint density at radius 3 is 2.24 bits per heavy atom. The molecule has 1 N–H and O–H groups in total. The molecule has 4 atom stereocenters. The lowest BCUT2D eigenvalue weighted by Crippen LogP contribution is -2.60. The molecule has 1 saturated heterocycles. The number of aryl methyl sites for hydroxylation is 1. The number of carbonyl (C=O) groups is 1. The summed E-state index contributed by atoms with van der Waals surface area (Å²) in [5.41, 5.74) is -0.0215. The van der Waals surface area contributed by atoms with Crippen molar-refractivity contribution < 1.29 is 27.4 Å². The Hall–Kier alpha value is -3.47. The van der Waals surface area contributed by atoms with Crippen LogP contribution in [0.4, 0.5) is 23.7 Å². The van der Waals surface area contributed by atoms with Crippen LogP contribution in [0.25, 0.3) is 0 Å². The van der Waals surface area contributed by atoms with Crippen LogP contribution in [0.2, 0.25) is 0 Å². The highest BCUT2D eigenvalue weighted by Crippen LogP contribution is 2.39. The van der Waals surface area contributed by atoms with Crippen LogP contribution >= 0.6 is 0 Å². The van der Waals surface area contributed by atoms with Gasteiger partial charge in [-0.25, -0.2) is 14.8 Å². The summed E-state index contributed by atoms with van der Waals surface area (Å²) in [6.07, 6.45) is -3.39. The first-order valence-corrected chi connectivity index (χ1v) is 14.5. The number of alkyl halides is 3. The van der Waals surface area contributed by atoms with Crippen molar-refractivity contribution in [1.29, 1.82) is 0 Å². The number of nitrogens with zero attached hydrogens (tertiary/aromatic N) is 4. The predicted octanol–water partition coefficient (Wildman–Crippen LogP) is 6.41. The Labute approximate surface area is 245 Å². The average Bonchev–Trinajstić information content (AvgIpc) is 3.34. The van der Waals surface area contributed by atoms with Crippen molar-refractivity contribution in [1.82, 2.24) is 15.2 Å². The van der Waals surface area contributed by atoms with Crippen LogP contribution < -0.4 is 15.1 Å². The molecule has 0 radical (unpaired) electrons. The number of amides is 1. The van der Waals surface area contributed by atoms with E-state index in [0.29, 0.717) is 18.7 Å². The third-order valence-corrected chi connectivity index (χ3v) is 7.82. The number of amidine groups is 1. The number of halogens is 3. The molecule has 2 aromatic carbocycles. The van der Waals surface area contributed by atoms with E-state index in [1.807, 2.05) is 79.9 Å². The van der Waals surface area contributed by atoms with E-state index in [1.54, 1.807) is 13.0 Å². The molecule has 2 bridgehead atoms. The summed E-state index contributed by atoms with van der Waals surface area (Å²) in [4.78, 5) is 19.5. The zero-order valence-electron chi connectivity index (χ0n) is 25.0. The third kappa shape index (κ3) is 6.45. The number of nitrogens with one attached hydrogen (secondary N) is 1.